The third-order valence-electron chi connectivity index (χ3n) is 1.46. The summed E-state index contributed by atoms with van der Waals surface area (Å²) in [5, 5.41) is 0. The summed E-state index contributed by atoms with van der Waals surface area (Å²) in [7, 11) is 0.820. The van der Waals surface area contributed by atoms with Gasteiger partial charge in [0, 0.05) is 0 Å². The zero-order chi connectivity index (χ0) is 13.9. The van der Waals surface area contributed by atoms with Crippen LogP contribution < -0.4 is 0 Å². The summed E-state index contributed by atoms with van der Waals surface area (Å²) in [5.41, 5.74) is -1.06. The molecule has 0 amide bonds. The molecule has 0 unspecified atom stereocenters. The monoisotopic (exact) mass is 262 g/mol. The maximum Gasteiger partial charge on any atom is 0.501 e. The Morgan fingerprint density at radius 2 is 1.53 bits per heavy atom. The van der Waals surface area contributed by atoms with Crippen molar-refractivity contribution in [2.75, 3.05) is 7.11 Å². The number of allylic oxidation sites excluding steroid dienone is 1. The van der Waals surface area contributed by atoms with Crippen LogP contribution in [0.2, 0.25) is 0 Å². The van der Waals surface area contributed by atoms with Crippen molar-refractivity contribution in [3.63, 3.8) is 0 Å². The highest BCUT2D eigenvalue weighted by atomic mass is 19.4. The number of carbonyl (C=O) groups excluding carboxylic acids is 2. The Balaban J connectivity index is 4.94. The second-order valence-electron chi connectivity index (χ2n) is 2.60. The highest BCUT2D eigenvalue weighted by Gasteiger charge is 2.62. The van der Waals surface area contributed by atoms with Crippen molar-refractivity contribution in [3.05, 3.63) is 11.6 Å². The van der Waals surface area contributed by atoms with E-state index in [1.165, 1.54) is 0 Å². The first-order valence-corrected chi connectivity index (χ1v) is 3.99. The molecule has 0 aromatic heterocycles. The number of hydrogen-bond donors (Lipinski definition) is 0. The van der Waals surface area contributed by atoms with Crippen molar-refractivity contribution in [1.82, 2.24) is 0 Å². The maximum absolute atomic E-state index is 12.3. The summed E-state index contributed by atoms with van der Waals surface area (Å²) in [6.07, 6.45) is -11.0. The lowest BCUT2D eigenvalue weighted by atomic mass is 10.2. The molecule has 0 saturated carbocycles. The van der Waals surface area contributed by atoms with Gasteiger partial charge < -0.3 is 9.47 Å². The summed E-state index contributed by atoms with van der Waals surface area (Å²) < 4.78 is 66.5. The zero-order valence-corrected chi connectivity index (χ0v) is 8.60. The number of ether oxygens (including phenoxy) is 2. The smallest absolute Gasteiger partial charge is 0.465 e. The summed E-state index contributed by atoms with van der Waals surface area (Å²) >= 11 is 0. The number of halogens is 5. The van der Waals surface area contributed by atoms with E-state index in [0.29, 0.717) is 6.08 Å². The van der Waals surface area contributed by atoms with E-state index in [-0.39, 0.29) is 0 Å². The first-order chi connectivity index (χ1) is 7.56. The van der Waals surface area contributed by atoms with Crippen LogP contribution in [0.15, 0.2) is 11.6 Å². The molecule has 17 heavy (non-hydrogen) atoms. The van der Waals surface area contributed by atoms with Crippen molar-refractivity contribution in [2.45, 2.75) is 19.2 Å². The lowest BCUT2D eigenvalue weighted by Gasteiger charge is -2.19. The first kappa shape index (κ1) is 15.3. The molecule has 0 aliphatic heterocycles. The molecule has 0 radical (unpaired) electrons. The largest absolute Gasteiger partial charge is 0.501 e. The van der Waals surface area contributed by atoms with Gasteiger partial charge in [-0.05, 0) is 6.92 Å². The van der Waals surface area contributed by atoms with Gasteiger partial charge in [0.15, 0.2) is 0 Å². The fraction of sp³-hybridized carbons (Fsp3) is 0.500. The standard InChI is InChI=1S/C8H7F5O4/c1-3-4(5(14)16-2)6(15)17-8(12,13)7(9,10)11/h3H,1-2H3. The summed E-state index contributed by atoms with van der Waals surface area (Å²) in [5.74, 6) is -3.50. The Labute approximate surface area is 92.0 Å². The predicted octanol–water partition coefficient (Wildman–Crippen LogP) is 1.80. The Bertz CT molecular complexity index is 344. The molecule has 0 aliphatic carbocycles. The van der Waals surface area contributed by atoms with Crippen LogP contribution in [0.1, 0.15) is 6.92 Å². The van der Waals surface area contributed by atoms with Gasteiger partial charge in [0.25, 0.3) is 0 Å². The fourth-order valence-electron chi connectivity index (χ4n) is 0.658. The van der Waals surface area contributed by atoms with Gasteiger partial charge in [-0.25, -0.2) is 9.59 Å². The molecule has 0 bridgehead atoms. The van der Waals surface area contributed by atoms with E-state index in [2.05, 4.69) is 9.47 Å². The molecular formula is C8H7F5O4. The molecule has 0 aromatic rings. The third-order valence-corrected chi connectivity index (χ3v) is 1.46. The number of carbonyl (C=O) groups is 2. The number of rotatable bonds is 3. The van der Waals surface area contributed by atoms with Crippen molar-refractivity contribution in [3.8, 4) is 0 Å². The minimum absolute atomic E-state index is 0.695. The molecule has 0 rings (SSSR count). The second-order valence-corrected chi connectivity index (χ2v) is 2.60. The molecule has 0 atom stereocenters. The van der Waals surface area contributed by atoms with Crippen LogP contribution in [-0.2, 0) is 19.1 Å². The summed E-state index contributed by atoms with van der Waals surface area (Å²) in [6.45, 7) is 1.07. The van der Waals surface area contributed by atoms with Crippen LogP contribution in [0.5, 0.6) is 0 Å². The molecule has 98 valence electrons. The van der Waals surface area contributed by atoms with Gasteiger partial charge in [0.05, 0.1) is 7.11 Å². The second kappa shape index (κ2) is 5.11. The number of alkyl halides is 5. The minimum atomic E-state index is -6.06. The Morgan fingerprint density at radius 1 is 1.06 bits per heavy atom. The molecule has 4 nitrogen and oxygen atoms in total. The highest BCUT2D eigenvalue weighted by molar-refractivity contribution is 6.14. The predicted molar refractivity (Wildman–Crippen MR) is 42.9 cm³/mol. The highest BCUT2D eigenvalue weighted by Crippen LogP contribution is 2.36. The SMILES string of the molecule is CC=C(C(=O)OC)C(=O)OC(F)(F)C(F)(F)F. The van der Waals surface area contributed by atoms with Crippen molar-refractivity contribution < 1.29 is 41.0 Å². The van der Waals surface area contributed by atoms with Gasteiger partial charge in [-0.3, -0.25) is 0 Å². The van der Waals surface area contributed by atoms with E-state index in [1.54, 1.807) is 0 Å². The van der Waals surface area contributed by atoms with Crippen molar-refractivity contribution in [2.24, 2.45) is 0 Å². The fourth-order valence-corrected chi connectivity index (χ4v) is 0.658. The van der Waals surface area contributed by atoms with E-state index < -0.39 is 29.8 Å². The van der Waals surface area contributed by atoms with Crippen LogP contribution in [0.3, 0.4) is 0 Å². The van der Waals surface area contributed by atoms with Gasteiger partial charge in [0.2, 0.25) is 0 Å². The van der Waals surface area contributed by atoms with Gasteiger partial charge in [-0.2, -0.15) is 22.0 Å². The van der Waals surface area contributed by atoms with E-state index in [1.807, 2.05) is 0 Å². The van der Waals surface area contributed by atoms with Crippen molar-refractivity contribution in [1.29, 1.82) is 0 Å². The first-order valence-electron chi connectivity index (χ1n) is 3.99. The van der Waals surface area contributed by atoms with Crippen LogP contribution >= 0.6 is 0 Å². The molecule has 0 heterocycles. The molecule has 0 spiro atoms. The molecule has 0 aromatic carbocycles. The number of methoxy groups -OCH3 is 1. The number of esters is 2. The Morgan fingerprint density at radius 3 is 1.82 bits per heavy atom. The molecule has 0 fully saturated rings. The lowest BCUT2D eigenvalue weighted by Crippen LogP contribution is -2.41. The normalized spacial score (nSPS) is 13.2. The zero-order valence-electron chi connectivity index (χ0n) is 8.60. The molecule has 0 saturated heterocycles. The summed E-state index contributed by atoms with van der Waals surface area (Å²) in [6, 6.07) is 0. The average molecular weight is 262 g/mol. The van der Waals surface area contributed by atoms with Gasteiger partial charge in [-0.1, -0.05) is 6.08 Å². The lowest BCUT2D eigenvalue weighted by molar-refractivity contribution is -0.375. The quantitative estimate of drug-likeness (QED) is 0.256. The van der Waals surface area contributed by atoms with E-state index >= 15 is 0 Å². The van der Waals surface area contributed by atoms with Crippen LogP contribution in [0, 0.1) is 0 Å². The van der Waals surface area contributed by atoms with E-state index in [0.717, 1.165) is 14.0 Å². The third kappa shape index (κ3) is 3.68. The Hall–Kier alpha value is -1.67. The van der Waals surface area contributed by atoms with Gasteiger partial charge >= 0.3 is 24.2 Å². The van der Waals surface area contributed by atoms with Crippen LogP contribution in [-0.4, -0.2) is 31.3 Å². The molecule has 9 heteroatoms. The van der Waals surface area contributed by atoms with E-state index in [9.17, 15) is 31.5 Å². The molecule has 0 N–H and O–H groups in total. The van der Waals surface area contributed by atoms with Crippen LogP contribution in [0.4, 0.5) is 22.0 Å². The van der Waals surface area contributed by atoms with E-state index in [4.69, 9.17) is 0 Å². The molecule has 0 aliphatic rings. The summed E-state index contributed by atoms with van der Waals surface area (Å²) in [4.78, 5) is 21.7. The van der Waals surface area contributed by atoms with Gasteiger partial charge in [0.1, 0.15) is 5.57 Å². The molecular weight excluding hydrogens is 255 g/mol. The minimum Gasteiger partial charge on any atom is -0.465 e. The van der Waals surface area contributed by atoms with Crippen molar-refractivity contribution >= 4 is 11.9 Å². The van der Waals surface area contributed by atoms with Gasteiger partial charge in [-0.15, -0.1) is 0 Å². The van der Waals surface area contributed by atoms with Crippen LogP contribution in [0.25, 0.3) is 0 Å². The maximum atomic E-state index is 12.3. The Kier molecular flexibility index (Phi) is 4.60. The topological polar surface area (TPSA) is 52.6 Å². The number of hydrogen-bond acceptors (Lipinski definition) is 4. The average Bonchev–Trinajstić information content (AvgIpc) is 2.15.